The van der Waals surface area contributed by atoms with E-state index in [1.165, 1.54) is 6.07 Å². The lowest BCUT2D eigenvalue weighted by atomic mass is 9.85. The smallest absolute Gasteiger partial charge is 0.137 e. The van der Waals surface area contributed by atoms with Gasteiger partial charge in [0.1, 0.15) is 23.8 Å². The Balaban J connectivity index is 1.96. The molecule has 0 saturated heterocycles. The molecule has 1 aliphatic rings. The summed E-state index contributed by atoms with van der Waals surface area (Å²) in [4.78, 5) is 0. The average molecular weight is 318 g/mol. The third kappa shape index (κ3) is 2.84. The first kappa shape index (κ1) is 13.8. The van der Waals surface area contributed by atoms with Gasteiger partial charge in [0.05, 0.1) is 4.47 Å². The van der Waals surface area contributed by atoms with Crippen molar-refractivity contribution in [1.29, 1.82) is 0 Å². The summed E-state index contributed by atoms with van der Waals surface area (Å²) in [6.45, 7) is 2.98. The standard InChI is InChI=1S/C13H17BrFNO2/c1-3-16-11-7-12(13(11)17-2)18-8-4-5-10(15)9(14)6-8/h4-6,11-13,16H,3,7H2,1-2H3. The molecule has 0 radical (unpaired) electrons. The number of ether oxygens (including phenoxy) is 2. The minimum Gasteiger partial charge on any atom is -0.488 e. The highest BCUT2D eigenvalue weighted by Gasteiger charge is 2.42. The molecular weight excluding hydrogens is 301 g/mol. The van der Waals surface area contributed by atoms with E-state index in [9.17, 15) is 4.39 Å². The van der Waals surface area contributed by atoms with Crippen molar-refractivity contribution < 1.29 is 13.9 Å². The van der Waals surface area contributed by atoms with Crippen LogP contribution in [0.25, 0.3) is 0 Å². The van der Waals surface area contributed by atoms with Gasteiger partial charge >= 0.3 is 0 Å². The van der Waals surface area contributed by atoms with E-state index in [4.69, 9.17) is 9.47 Å². The summed E-state index contributed by atoms with van der Waals surface area (Å²) >= 11 is 3.15. The van der Waals surface area contributed by atoms with Gasteiger partial charge in [0.15, 0.2) is 0 Å². The monoisotopic (exact) mass is 317 g/mol. The lowest BCUT2D eigenvalue weighted by molar-refractivity contribution is -0.0884. The highest BCUT2D eigenvalue weighted by molar-refractivity contribution is 9.10. The third-order valence-electron chi connectivity index (χ3n) is 3.17. The molecule has 0 spiro atoms. The normalized spacial score (nSPS) is 26.8. The Labute approximate surface area is 115 Å². The minimum absolute atomic E-state index is 0.0245. The van der Waals surface area contributed by atoms with Crippen LogP contribution < -0.4 is 10.1 Å². The molecule has 1 saturated carbocycles. The Bertz CT molecular complexity index is 416. The Morgan fingerprint density at radius 2 is 2.28 bits per heavy atom. The quantitative estimate of drug-likeness (QED) is 0.905. The van der Waals surface area contributed by atoms with Crippen molar-refractivity contribution >= 4 is 15.9 Å². The van der Waals surface area contributed by atoms with Gasteiger partial charge in [0.2, 0.25) is 0 Å². The van der Waals surface area contributed by atoms with Crippen LogP contribution in [0.1, 0.15) is 13.3 Å². The van der Waals surface area contributed by atoms with Gasteiger partial charge < -0.3 is 14.8 Å². The summed E-state index contributed by atoms with van der Waals surface area (Å²) < 4.78 is 24.7. The predicted molar refractivity (Wildman–Crippen MR) is 71.4 cm³/mol. The van der Waals surface area contributed by atoms with E-state index in [1.54, 1.807) is 19.2 Å². The summed E-state index contributed by atoms with van der Waals surface area (Å²) in [6, 6.07) is 5.01. The number of hydrogen-bond acceptors (Lipinski definition) is 3. The molecule has 3 atom stereocenters. The number of methoxy groups -OCH3 is 1. The van der Waals surface area contributed by atoms with E-state index in [-0.39, 0.29) is 18.0 Å². The van der Waals surface area contributed by atoms with Crippen molar-refractivity contribution in [3.8, 4) is 5.75 Å². The minimum atomic E-state index is -0.287. The van der Waals surface area contributed by atoms with Gasteiger partial charge in [-0.2, -0.15) is 0 Å². The van der Waals surface area contributed by atoms with Gasteiger partial charge in [-0.3, -0.25) is 0 Å². The summed E-state index contributed by atoms with van der Waals surface area (Å²) in [6.07, 6.45) is 0.978. The number of halogens is 2. The molecule has 1 N–H and O–H groups in total. The number of hydrogen-bond donors (Lipinski definition) is 1. The summed E-state index contributed by atoms with van der Waals surface area (Å²) in [5.41, 5.74) is 0. The highest BCUT2D eigenvalue weighted by Crippen LogP contribution is 2.30. The Hall–Kier alpha value is -0.650. The Morgan fingerprint density at radius 3 is 2.89 bits per heavy atom. The van der Waals surface area contributed by atoms with Crippen LogP contribution in [-0.4, -0.2) is 31.9 Å². The first-order valence-electron chi connectivity index (χ1n) is 6.03. The van der Waals surface area contributed by atoms with Gasteiger partial charge in [0.25, 0.3) is 0 Å². The predicted octanol–water partition coefficient (Wildman–Crippen LogP) is 2.73. The maximum atomic E-state index is 13.1. The van der Waals surface area contributed by atoms with Crippen molar-refractivity contribution in [3.63, 3.8) is 0 Å². The van der Waals surface area contributed by atoms with Crippen molar-refractivity contribution in [3.05, 3.63) is 28.5 Å². The van der Waals surface area contributed by atoms with Gasteiger partial charge in [-0.1, -0.05) is 6.92 Å². The molecule has 0 amide bonds. The molecule has 0 aliphatic heterocycles. The fourth-order valence-corrected chi connectivity index (χ4v) is 2.56. The molecule has 3 unspecified atom stereocenters. The third-order valence-corrected chi connectivity index (χ3v) is 3.77. The maximum Gasteiger partial charge on any atom is 0.137 e. The van der Waals surface area contributed by atoms with Crippen LogP contribution in [-0.2, 0) is 4.74 Å². The SMILES string of the molecule is CCNC1CC(Oc2ccc(F)c(Br)c2)C1OC. The molecule has 0 bridgehead atoms. The zero-order valence-electron chi connectivity index (χ0n) is 10.5. The van der Waals surface area contributed by atoms with Crippen LogP contribution in [0.15, 0.2) is 22.7 Å². The molecular formula is C13H17BrFNO2. The first-order valence-corrected chi connectivity index (χ1v) is 6.83. The molecule has 1 aliphatic carbocycles. The molecule has 18 heavy (non-hydrogen) atoms. The number of rotatable bonds is 5. The average Bonchev–Trinajstić information content (AvgIpc) is 2.32. The van der Waals surface area contributed by atoms with Crippen LogP contribution in [0.4, 0.5) is 4.39 Å². The Kier molecular flexibility index (Phi) is 4.59. The summed E-state index contributed by atoms with van der Waals surface area (Å²) in [7, 11) is 1.69. The Morgan fingerprint density at radius 1 is 1.50 bits per heavy atom. The molecule has 1 aromatic carbocycles. The zero-order valence-corrected chi connectivity index (χ0v) is 12.0. The van der Waals surface area contributed by atoms with Crippen LogP contribution in [0.5, 0.6) is 5.75 Å². The molecule has 1 fully saturated rings. The van der Waals surface area contributed by atoms with E-state index < -0.39 is 0 Å². The van der Waals surface area contributed by atoms with Crippen molar-refractivity contribution in [1.82, 2.24) is 5.32 Å². The van der Waals surface area contributed by atoms with E-state index in [0.29, 0.717) is 16.3 Å². The lowest BCUT2D eigenvalue weighted by Crippen LogP contribution is -2.60. The van der Waals surface area contributed by atoms with Gasteiger partial charge in [-0.25, -0.2) is 4.39 Å². The number of benzene rings is 1. The fourth-order valence-electron chi connectivity index (χ4n) is 2.20. The second kappa shape index (κ2) is 5.99. The van der Waals surface area contributed by atoms with Crippen LogP contribution in [0.3, 0.4) is 0 Å². The highest BCUT2D eigenvalue weighted by atomic mass is 79.9. The van der Waals surface area contributed by atoms with Gasteiger partial charge in [-0.05, 0) is 40.7 Å². The summed E-state index contributed by atoms with van der Waals surface area (Å²) in [5.74, 6) is 0.370. The topological polar surface area (TPSA) is 30.5 Å². The molecule has 3 nitrogen and oxygen atoms in total. The second-order valence-electron chi connectivity index (χ2n) is 4.33. The number of nitrogens with one attached hydrogen (secondary N) is 1. The van der Waals surface area contributed by atoms with E-state index in [2.05, 4.69) is 28.2 Å². The van der Waals surface area contributed by atoms with Crippen LogP contribution in [0, 0.1) is 5.82 Å². The maximum absolute atomic E-state index is 13.1. The second-order valence-corrected chi connectivity index (χ2v) is 5.19. The zero-order chi connectivity index (χ0) is 13.1. The van der Waals surface area contributed by atoms with Crippen LogP contribution in [0.2, 0.25) is 0 Å². The molecule has 5 heteroatoms. The number of likely N-dealkylation sites (N-methyl/N-ethyl adjacent to an activating group) is 1. The first-order chi connectivity index (χ1) is 8.65. The van der Waals surface area contributed by atoms with Crippen molar-refractivity contribution in [2.75, 3.05) is 13.7 Å². The van der Waals surface area contributed by atoms with E-state index in [0.717, 1.165) is 13.0 Å². The van der Waals surface area contributed by atoms with Crippen molar-refractivity contribution in [2.45, 2.75) is 31.6 Å². The molecule has 1 aromatic rings. The lowest BCUT2D eigenvalue weighted by Gasteiger charge is -2.43. The molecule has 0 heterocycles. The van der Waals surface area contributed by atoms with E-state index >= 15 is 0 Å². The van der Waals surface area contributed by atoms with Crippen LogP contribution >= 0.6 is 15.9 Å². The largest absolute Gasteiger partial charge is 0.488 e. The molecule has 100 valence electrons. The van der Waals surface area contributed by atoms with Gasteiger partial charge in [0, 0.05) is 19.6 Å². The van der Waals surface area contributed by atoms with E-state index in [1.807, 2.05) is 0 Å². The van der Waals surface area contributed by atoms with Crippen molar-refractivity contribution in [2.24, 2.45) is 0 Å². The summed E-state index contributed by atoms with van der Waals surface area (Å²) in [5, 5.41) is 3.34. The van der Waals surface area contributed by atoms with Gasteiger partial charge in [-0.15, -0.1) is 0 Å². The molecule has 0 aromatic heterocycles. The fraction of sp³-hybridized carbons (Fsp3) is 0.538. The molecule has 2 rings (SSSR count).